The van der Waals surface area contributed by atoms with Gasteiger partial charge in [-0.05, 0) is 30.3 Å². The van der Waals surface area contributed by atoms with Crippen LogP contribution in [0.25, 0.3) is 0 Å². The zero-order valence-electron chi connectivity index (χ0n) is 12.2. The summed E-state index contributed by atoms with van der Waals surface area (Å²) < 4.78 is 50.5. The molecular formula is C16H12F4N2O2. The number of hydrogen-bond donors (Lipinski definition) is 1. The van der Waals surface area contributed by atoms with Gasteiger partial charge in [0, 0.05) is 11.3 Å². The van der Waals surface area contributed by atoms with Gasteiger partial charge in [-0.1, -0.05) is 23.4 Å². The fourth-order valence-electron chi connectivity index (χ4n) is 1.71. The van der Waals surface area contributed by atoms with Crippen LogP contribution in [0.1, 0.15) is 11.1 Å². The van der Waals surface area contributed by atoms with Gasteiger partial charge in [-0.25, -0.2) is 4.39 Å². The second-order valence-corrected chi connectivity index (χ2v) is 4.65. The van der Waals surface area contributed by atoms with E-state index in [1.54, 1.807) is 6.07 Å². The molecule has 0 saturated heterocycles. The Morgan fingerprint density at radius 1 is 1.12 bits per heavy atom. The Morgan fingerprint density at radius 2 is 1.79 bits per heavy atom. The Hall–Kier alpha value is -2.90. The van der Waals surface area contributed by atoms with Crippen LogP contribution in [-0.2, 0) is 15.8 Å². The summed E-state index contributed by atoms with van der Waals surface area (Å²) in [7, 11) is 0. The lowest BCUT2D eigenvalue weighted by Gasteiger charge is -2.08. The number of oxime groups is 1. The molecule has 0 aromatic heterocycles. The second-order valence-electron chi connectivity index (χ2n) is 4.65. The van der Waals surface area contributed by atoms with Crippen molar-refractivity contribution >= 4 is 17.8 Å². The zero-order chi connectivity index (χ0) is 17.6. The first-order valence-electron chi connectivity index (χ1n) is 6.73. The van der Waals surface area contributed by atoms with Gasteiger partial charge in [0.25, 0.3) is 5.91 Å². The fraction of sp³-hybridized carbons (Fsp3) is 0.125. The number of carbonyl (C=O) groups excluding carboxylic acids is 1. The molecule has 0 saturated carbocycles. The van der Waals surface area contributed by atoms with E-state index < -0.39 is 30.1 Å². The van der Waals surface area contributed by atoms with E-state index in [1.807, 2.05) is 0 Å². The van der Waals surface area contributed by atoms with Crippen LogP contribution in [0.15, 0.2) is 53.7 Å². The molecule has 0 aliphatic rings. The van der Waals surface area contributed by atoms with Gasteiger partial charge in [-0.2, -0.15) is 13.2 Å². The van der Waals surface area contributed by atoms with Gasteiger partial charge >= 0.3 is 6.18 Å². The SMILES string of the molecule is O=C(CO/N=C\c1ccccc1F)Nc1ccc(C(F)(F)F)cc1. The molecule has 0 heterocycles. The summed E-state index contributed by atoms with van der Waals surface area (Å²) in [4.78, 5) is 16.3. The van der Waals surface area contributed by atoms with Crippen LogP contribution in [0.5, 0.6) is 0 Å². The average Bonchev–Trinajstić information content (AvgIpc) is 2.53. The number of alkyl halides is 3. The van der Waals surface area contributed by atoms with E-state index in [1.165, 1.54) is 18.2 Å². The number of benzene rings is 2. The van der Waals surface area contributed by atoms with Gasteiger partial charge in [-0.15, -0.1) is 0 Å². The third kappa shape index (κ3) is 5.08. The van der Waals surface area contributed by atoms with Crippen molar-refractivity contribution in [3.8, 4) is 0 Å². The van der Waals surface area contributed by atoms with Crippen molar-refractivity contribution in [3.05, 3.63) is 65.5 Å². The van der Waals surface area contributed by atoms with E-state index in [-0.39, 0.29) is 11.3 Å². The molecule has 126 valence electrons. The van der Waals surface area contributed by atoms with Gasteiger partial charge < -0.3 is 10.2 Å². The van der Waals surface area contributed by atoms with E-state index in [0.29, 0.717) is 0 Å². The summed E-state index contributed by atoms with van der Waals surface area (Å²) in [5.74, 6) is -1.10. The molecule has 0 spiro atoms. The van der Waals surface area contributed by atoms with Gasteiger partial charge in [0.2, 0.25) is 0 Å². The molecule has 2 aromatic carbocycles. The number of hydrogen-bond acceptors (Lipinski definition) is 3. The van der Waals surface area contributed by atoms with Crippen molar-refractivity contribution < 1.29 is 27.2 Å². The smallest absolute Gasteiger partial charge is 0.386 e. The minimum absolute atomic E-state index is 0.190. The summed E-state index contributed by atoms with van der Waals surface area (Å²) in [5.41, 5.74) is -0.429. The number of halogens is 4. The van der Waals surface area contributed by atoms with E-state index >= 15 is 0 Å². The summed E-state index contributed by atoms with van der Waals surface area (Å²) in [6.07, 6.45) is -3.33. The van der Waals surface area contributed by atoms with Crippen LogP contribution < -0.4 is 5.32 Å². The minimum atomic E-state index is -4.44. The number of rotatable bonds is 5. The van der Waals surface area contributed by atoms with Crippen LogP contribution in [0.2, 0.25) is 0 Å². The molecule has 24 heavy (non-hydrogen) atoms. The van der Waals surface area contributed by atoms with Crippen LogP contribution in [-0.4, -0.2) is 18.7 Å². The van der Waals surface area contributed by atoms with Crippen molar-refractivity contribution in [1.82, 2.24) is 0 Å². The highest BCUT2D eigenvalue weighted by atomic mass is 19.4. The molecule has 2 aromatic rings. The molecule has 0 bridgehead atoms. The van der Waals surface area contributed by atoms with Crippen LogP contribution in [0.4, 0.5) is 23.2 Å². The van der Waals surface area contributed by atoms with E-state index in [2.05, 4.69) is 10.5 Å². The Labute approximate surface area is 134 Å². The molecule has 0 fully saturated rings. The highest BCUT2D eigenvalue weighted by molar-refractivity contribution is 5.91. The fourth-order valence-corrected chi connectivity index (χ4v) is 1.71. The van der Waals surface area contributed by atoms with Crippen molar-refractivity contribution in [1.29, 1.82) is 0 Å². The van der Waals surface area contributed by atoms with Gasteiger partial charge in [0.05, 0.1) is 11.8 Å². The molecule has 4 nitrogen and oxygen atoms in total. The maximum absolute atomic E-state index is 13.3. The monoisotopic (exact) mass is 340 g/mol. The van der Waals surface area contributed by atoms with E-state index in [0.717, 1.165) is 30.5 Å². The van der Waals surface area contributed by atoms with E-state index in [4.69, 9.17) is 4.84 Å². The highest BCUT2D eigenvalue weighted by Gasteiger charge is 2.29. The molecule has 0 unspecified atom stereocenters. The number of nitrogens with zero attached hydrogens (tertiary/aromatic N) is 1. The van der Waals surface area contributed by atoms with Gasteiger partial charge in [0.1, 0.15) is 5.82 Å². The number of anilines is 1. The molecule has 1 N–H and O–H groups in total. The summed E-state index contributed by atoms with van der Waals surface area (Å²) in [6.45, 7) is -0.466. The third-order valence-electron chi connectivity index (χ3n) is 2.86. The predicted molar refractivity (Wildman–Crippen MR) is 80.0 cm³/mol. The van der Waals surface area contributed by atoms with Crippen molar-refractivity contribution in [2.45, 2.75) is 6.18 Å². The number of amides is 1. The highest BCUT2D eigenvalue weighted by Crippen LogP contribution is 2.29. The van der Waals surface area contributed by atoms with Gasteiger partial charge in [0.15, 0.2) is 6.61 Å². The largest absolute Gasteiger partial charge is 0.416 e. The topological polar surface area (TPSA) is 50.7 Å². The first-order valence-corrected chi connectivity index (χ1v) is 6.73. The minimum Gasteiger partial charge on any atom is -0.386 e. The Balaban J connectivity index is 1.82. The Bertz CT molecular complexity index is 728. The molecule has 0 aliphatic heterocycles. The molecule has 8 heteroatoms. The van der Waals surface area contributed by atoms with Crippen molar-refractivity contribution in [2.24, 2.45) is 5.16 Å². The lowest BCUT2D eigenvalue weighted by molar-refractivity contribution is -0.137. The van der Waals surface area contributed by atoms with Gasteiger partial charge in [-0.3, -0.25) is 4.79 Å². The van der Waals surface area contributed by atoms with Crippen molar-refractivity contribution in [2.75, 3.05) is 11.9 Å². The molecule has 0 atom stereocenters. The normalized spacial score (nSPS) is 11.5. The standard InChI is InChI=1S/C16H12F4N2O2/c17-14-4-2-1-3-11(14)9-21-24-10-15(23)22-13-7-5-12(6-8-13)16(18,19)20/h1-9H,10H2,(H,22,23)/b21-9-. The Morgan fingerprint density at radius 3 is 2.42 bits per heavy atom. The summed E-state index contributed by atoms with van der Waals surface area (Å²) in [5, 5.41) is 5.81. The van der Waals surface area contributed by atoms with Crippen molar-refractivity contribution in [3.63, 3.8) is 0 Å². The lowest BCUT2D eigenvalue weighted by Crippen LogP contribution is -2.17. The molecule has 2 rings (SSSR count). The van der Waals surface area contributed by atoms with Crippen LogP contribution in [0, 0.1) is 5.82 Å². The maximum atomic E-state index is 13.3. The average molecular weight is 340 g/mol. The quantitative estimate of drug-likeness (QED) is 0.511. The summed E-state index contributed by atoms with van der Waals surface area (Å²) >= 11 is 0. The second kappa shape index (κ2) is 7.58. The zero-order valence-corrected chi connectivity index (χ0v) is 12.2. The molecule has 0 aliphatic carbocycles. The maximum Gasteiger partial charge on any atom is 0.416 e. The predicted octanol–water partition coefficient (Wildman–Crippen LogP) is 3.83. The first kappa shape index (κ1) is 17.5. The Kier molecular flexibility index (Phi) is 5.51. The number of nitrogens with one attached hydrogen (secondary N) is 1. The number of carbonyl (C=O) groups is 1. The third-order valence-corrected chi connectivity index (χ3v) is 2.86. The first-order chi connectivity index (χ1) is 11.4. The molecular weight excluding hydrogens is 328 g/mol. The van der Waals surface area contributed by atoms with Crippen LogP contribution >= 0.6 is 0 Å². The summed E-state index contributed by atoms with van der Waals surface area (Å²) in [6, 6.07) is 9.82. The van der Waals surface area contributed by atoms with E-state index in [9.17, 15) is 22.4 Å². The molecule has 1 amide bonds. The van der Waals surface area contributed by atoms with Crippen LogP contribution in [0.3, 0.4) is 0 Å². The lowest BCUT2D eigenvalue weighted by atomic mass is 10.2. The molecule has 0 radical (unpaired) electrons.